The minimum absolute atomic E-state index is 0.0467. The van der Waals surface area contributed by atoms with Gasteiger partial charge in [-0.2, -0.15) is 0 Å². The number of anilines is 1. The van der Waals surface area contributed by atoms with Crippen LogP contribution in [-0.2, 0) is 18.9 Å². The van der Waals surface area contributed by atoms with Crippen LogP contribution in [0.4, 0.5) is 10.2 Å². The van der Waals surface area contributed by atoms with Gasteiger partial charge in [-0.25, -0.2) is 9.18 Å². The van der Waals surface area contributed by atoms with Crippen molar-refractivity contribution < 1.29 is 9.18 Å². The van der Waals surface area contributed by atoms with Gasteiger partial charge in [0.2, 0.25) is 0 Å². The van der Waals surface area contributed by atoms with Crippen molar-refractivity contribution in [1.29, 1.82) is 0 Å². The van der Waals surface area contributed by atoms with E-state index in [1.165, 1.54) is 23.7 Å². The maximum Gasteiger partial charge on any atom is 0.332 e. The van der Waals surface area contributed by atoms with E-state index in [9.17, 15) is 18.8 Å². The molecular formula is C19H18FN3O3. The number of aromatic nitrogens is 2. The van der Waals surface area contributed by atoms with Crippen molar-refractivity contribution in [2.24, 2.45) is 14.1 Å². The molecule has 0 radical (unpaired) electrons. The van der Waals surface area contributed by atoms with Crippen molar-refractivity contribution in [2.75, 3.05) is 5.32 Å². The molecule has 0 saturated carbocycles. The van der Waals surface area contributed by atoms with Crippen molar-refractivity contribution in [3.63, 3.8) is 0 Å². The summed E-state index contributed by atoms with van der Waals surface area (Å²) in [5.41, 5.74) is 1.12. The highest BCUT2D eigenvalue weighted by Crippen LogP contribution is 2.43. The molecule has 1 aliphatic carbocycles. The standard InChI is InChI=1S/C19H18FN3O3/c1-22-17-16(18(25)23(2)19(22)26)14(10-5-3-6-11(20)9-10)15-12(21-17)7-4-8-13(15)24/h3,5-6,9,14,21H,4,7-8H2,1-2H3/t14-/m1/s1. The number of Topliss-reactive ketones (excluding diaryl/α,β-unsaturated/α-hetero) is 1. The van der Waals surface area contributed by atoms with Gasteiger partial charge < -0.3 is 5.32 Å². The summed E-state index contributed by atoms with van der Waals surface area (Å²) in [6.07, 6.45) is 1.75. The summed E-state index contributed by atoms with van der Waals surface area (Å²) in [5, 5.41) is 3.14. The Morgan fingerprint density at radius 1 is 1.12 bits per heavy atom. The highest BCUT2D eigenvalue weighted by Gasteiger charge is 2.38. The first-order chi connectivity index (χ1) is 12.4. The molecule has 2 aliphatic rings. The molecule has 6 nitrogen and oxygen atoms in total. The first-order valence-electron chi connectivity index (χ1n) is 8.48. The molecule has 4 rings (SSSR count). The molecule has 26 heavy (non-hydrogen) atoms. The van der Waals surface area contributed by atoms with E-state index in [2.05, 4.69) is 5.32 Å². The quantitative estimate of drug-likeness (QED) is 0.846. The fourth-order valence-corrected chi connectivity index (χ4v) is 3.92. The molecule has 1 N–H and O–H groups in total. The van der Waals surface area contributed by atoms with Crippen LogP contribution in [0.15, 0.2) is 45.1 Å². The summed E-state index contributed by atoms with van der Waals surface area (Å²) in [6.45, 7) is 0. The van der Waals surface area contributed by atoms with Crippen molar-refractivity contribution in [3.8, 4) is 0 Å². The van der Waals surface area contributed by atoms with Crippen molar-refractivity contribution >= 4 is 11.6 Å². The molecule has 0 saturated heterocycles. The lowest BCUT2D eigenvalue weighted by atomic mass is 9.76. The highest BCUT2D eigenvalue weighted by molar-refractivity contribution is 6.00. The number of benzene rings is 1. The maximum absolute atomic E-state index is 13.9. The number of carbonyl (C=O) groups excluding carboxylic acids is 1. The van der Waals surface area contributed by atoms with Crippen LogP contribution in [0.3, 0.4) is 0 Å². The predicted molar refractivity (Wildman–Crippen MR) is 94.7 cm³/mol. The number of carbonyl (C=O) groups is 1. The van der Waals surface area contributed by atoms with Crippen LogP contribution in [0.5, 0.6) is 0 Å². The van der Waals surface area contributed by atoms with E-state index >= 15 is 0 Å². The molecule has 1 aromatic carbocycles. The van der Waals surface area contributed by atoms with Crippen LogP contribution in [-0.4, -0.2) is 14.9 Å². The number of rotatable bonds is 1. The third-order valence-corrected chi connectivity index (χ3v) is 5.18. The Morgan fingerprint density at radius 2 is 1.88 bits per heavy atom. The van der Waals surface area contributed by atoms with Crippen LogP contribution in [0.25, 0.3) is 0 Å². The monoisotopic (exact) mass is 355 g/mol. The minimum Gasteiger partial charge on any atom is -0.344 e. The molecule has 1 aromatic heterocycles. The van der Waals surface area contributed by atoms with Crippen LogP contribution in [0.2, 0.25) is 0 Å². The van der Waals surface area contributed by atoms with Gasteiger partial charge in [-0.05, 0) is 30.5 Å². The summed E-state index contributed by atoms with van der Waals surface area (Å²) in [5.74, 6) is -0.791. The molecule has 2 aromatic rings. The second-order valence-electron chi connectivity index (χ2n) is 6.75. The molecule has 0 fully saturated rings. The zero-order chi connectivity index (χ0) is 18.6. The van der Waals surface area contributed by atoms with Gasteiger partial charge >= 0.3 is 5.69 Å². The largest absolute Gasteiger partial charge is 0.344 e. The maximum atomic E-state index is 13.9. The van der Waals surface area contributed by atoms with Crippen LogP contribution in [0, 0.1) is 5.82 Å². The molecule has 134 valence electrons. The molecular weight excluding hydrogens is 337 g/mol. The van der Waals surface area contributed by atoms with Gasteiger partial charge in [0, 0.05) is 37.7 Å². The van der Waals surface area contributed by atoms with Crippen LogP contribution < -0.4 is 16.6 Å². The Hall–Kier alpha value is -2.96. The van der Waals surface area contributed by atoms with Gasteiger partial charge in [0.05, 0.1) is 5.56 Å². The number of fused-ring (bicyclic) bond motifs is 1. The zero-order valence-corrected chi connectivity index (χ0v) is 14.5. The van der Waals surface area contributed by atoms with E-state index < -0.39 is 23.0 Å². The number of nitrogens with zero attached hydrogens (tertiary/aromatic N) is 2. The van der Waals surface area contributed by atoms with E-state index in [1.807, 2.05) is 0 Å². The SMILES string of the molecule is Cn1c2c(c(=O)n(C)c1=O)[C@H](c1cccc(F)c1)C1=C(CCCC1=O)N2. The van der Waals surface area contributed by atoms with E-state index in [4.69, 9.17) is 0 Å². The predicted octanol–water partition coefficient (Wildman–Crippen LogP) is 1.79. The van der Waals surface area contributed by atoms with Gasteiger partial charge in [-0.15, -0.1) is 0 Å². The fraction of sp³-hybridized carbons (Fsp3) is 0.316. The van der Waals surface area contributed by atoms with Gasteiger partial charge in [0.25, 0.3) is 5.56 Å². The Bertz CT molecular complexity index is 1090. The fourth-order valence-electron chi connectivity index (χ4n) is 3.92. The summed E-state index contributed by atoms with van der Waals surface area (Å²) < 4.78 is 16.3. The Kier molecular flexibility index (Phi) is 3.68. The third kappa shape index (κ3) is 2.27. The topological polar surface area (TPSA) is 73.1 Å². The number of hydrogen-bond donors (Lipinski definition) is 1. The second kappa shape index (κ2) is 5.79. The summed E-state index contributed by atoms with van der Waals surface area (Å²) >= 11 is 0. The molecule has 0 spiro atoms. The average molecular weight is 355 g/mol. The van der Waals surface area contributed by atoms with Gasteiger partial charge in [-0.3, -0.25) is 18.7 Å². The van der Waals surface area contributed by atoms with E-state index in [0.717, 1.165) is 4.57 Å². The summed E-state index contributed by atoms with van der Waals surface area (Å²) in [6, 6.07) is 5.94. The van der Waals surface area contributed by atoms with Crippen LogP contribution >= 0.6 is 0 Å². The lowest BCUT2D eigenvalue weighted by Gasteiger charge is -2.34. The Balaban J connectivity index is 2.10. The molecule has 1 aliphatic heterocycles. The number of halogens is 1. The van der Waals surface area contributed by atoms with E-state index in [0.29, 0.717) is 47.5 Å². The molecule has 2 heterocycles. The average Bonchev–Trinajstić information content (AvgIpc) is 2.63. The summed E-state index contributed by atoms with van der Waals surface area (Å²) in [7, 11) is 2.98. The van der Waals surface area contributed by atoms with E-state index in [-0.39, 0.29) is 5.78 Å². The molecule has 0 unspecified atom stereocenters. The number of ketones is 1. The Labute approximate surface area is 148 Å². The van der Waals surface area contributed by atoms with Gasteiger partial charge in [0.1, 0.15) is 11.6 Å². The lowest BCUT2D eigenvalue weighted by molar-refractivity contribution is -0.116. The normalized spacial score (nSPS) is 19.0. The van der Waals surface area contributed by atoms with Crippen LogP contribution in [0.1, 0.15) is 36.3 Å². The smallest absolute Gasteiger partial charge is 0.332 e. The Morgan fingerprint density at radius 3 is 2.62 bits per heavy atom. The minimum atomic E-state index is -0.685. The molecule has 0 amide bonds. The summed E-state index contributed by atoms with van der Waals surface area (Å²) in [4.78, 5) is 37.9. The van der Waals surface area contributed by atoms with Gasteiger partial charge in [-0.1, -0.05) is 12.1 Å². The van der Waals surface area contributed by atoms with Gasteiger partial charge in [0.15, 0.2) is 5.78 Å². The molecule has 7 heteroatoms. The second-order valence-corrected chi connectivity index (χ2v) is 6.75. The first-order valence-corrected chi connectivity index (χ1v) is 8.48. The first kappa shape index (κ1) is 16.5. The number of allylic oxidation sites excluding steroid dienone is 2. The van der Waals surface area contributed by atoms with Crippen molar-refractivity contribution in [2.45, 2.75) is 25.2 Å². The lowest BCUT2D eigenvalue weighted by Crippen LogP contribution is -2.44. The highest BCUT2D eigenvalue weighted by atomic mass is 19.1. The number of hydrogen-bond acceptors (Lipinski definition) is 4. The number of nitrogens with one attached hydrogen (secondary N) is 1. The molecule has 1 atom stereocenters. The van der Waals surface area contributed by atoms with E-state index in [1.54, 1.807) is 19.2 Å². The van der Waals surface area contributed by atoms with Crippen molar-refractivity contribution in [3.05, 3.63) is 73.3 Å². The molecule has 0 bridgehead atoms. The van der Waals surface area contributed by atoms with Crippen molar-refractivity contribution in [1.82, 2.24) is 9.13 Å². The third-order valence-electron chi connectivity index (χ3n) is 5.18. The zero-order valence-electron chi connectivity index (χ0n) is 14.5.